The molecule has 0 radical (unpaired) electrons. The molecule has 0 heterocycles. The number of carbonyl (C=O) groups is 1. The lowest BCUT2D eigenvalue weighted by Crippen LogP contribution is -2.12. The fraction of sp³-hybridized carbons (Fsp3) is 0.0714. The Morgan fingerprint density at radius 3 is 2.33 bits per heavy atom. The van der Waals surface area contributed by atoms with Crippen LogP contribution in [-0.2, 0) is 0 Å². The van der Waals surface area contributed by atoms with Crippen molar-refractivity contribution in [2.75, 3.05) is 5.32 Å². The predicted molar refractivity (Wildman–Crippen MR) is 67.4 cm³/mol. The normalized spacial score (nSPS) is 10.5. The third-order valence-corrected chi connectivity index (χ3v) is 2.44. The number of amides is 1. The number of hydrogen-bond acceptors (Lipinski definition) is 2. The zero-order chi connectivity index (χ0) is 15.4. The summed E-state index contributed by atoms with van der Waals surface area (Å²) in [5.41, 5.74) is -0.0736. The Bertz CT molecular complexity index is 641. The first kappa shape index (κ1) is 14.8. The van der Waals surface area contributed by atoms with Crippen molar-refractivity contribution in [3.8, 4) is 5.75 Å². The van der Waals surface area contributed by atoms with E-state index in [0.29, 0.717) is 6.07 Å². The Hall–Kier alpha value is -2.57. The number of halogens is 4. The molecule has 1 amide bonds. The summed E-state index contributed by atoms with van der Waals surface area (Å²) < 4.78 is 54.3. The molecular weight excluding hydrogens is 290 g/mol. The molecule has 2 aromatic carbocycles. The standard InChI is InChI=1S/C14H9F4NO2/c15-9-5-10(16)7-11(6-9)19-13(20)8-2-1-3-12(4-8)21-14(17)18/h1-7,14H,(H,19,20). The summed E-state index contributed by atoms with van der Waals surface area (Å²) in [6.45, 7) is -3.01. The van der Waals surface area contributed by atoms with E-state index in [0.717, 1.165) is 18.2 Å². The van der Waals surface area contributed by atoms with E-state index in [9.17, 15) is 22.4 Å². The number of rotatable bonds is 4. The first-order valence-corrected chi connectivity index (χ1v) is 5.76. The largest absolute Gasteiger partial charge is 0.435 e. The van der Waals surface area contributed by atoms with Crippen LogP contribution in [0.2, 0.25) is 0 Å². The zero-order valence-electron chi connectivity index (χ0n) is 10.4. The number of carbonyl (C=O) groups excluding carboxylic acids is 1. The van der Waals surface area contributed by atoms with Crippen LogP contribution >= 0.6 is 0 Å². The third kappa shape index (κ3) is 4.20. The first-order chi connectivity index (χ1) is 9.94. The quantitative estimate of drug-likeness (QED) is 0.872. The number of alkyl halides is 2. The molecule has 0 bridgehead atoms. The lowest BCUT2D eigenvalue weighted by Gasteiger charge is -2.08. The fourth-order valence-electron chi connectivity index (χ4n) is 1.64. The highest BCUT2D eigenvalue weighted by Crippen LogP contribution is 2.18. The Balaban J connectivity index is 2.16. The van der Waals surface area contributed by atoms with E-state index < -0.39 is 24.2 Å². The highest BCUT2D eigenvalue weighted by atomic mass is 19.3. The Morgan fingerprint density at radius 2 is 1.71 bits per heavy atom. The van der Waals surface area contributed by atoms with Crippen molar-refractivity contribution in [1.82, 2.24) is 0 Å². The van der Waals surface area contributed by atoms with Gasteiger partial charge in [-0.1, -0.05) is 6.07 Å². The average Bonchev–Trinajstić information content (AvgIpc) is 2.36. The van der Waals surface area contributed by atoms with Crippen LogP contribution in [0.5, 0.6) is 5.75 Å². The molecular formula is C14H9F4NO2. The van der Waals surface area contributed by atoms with Crippen LogP contribution in [0, 0.1) is 11.6 Å². The molecule has 3 nitrogen and oxygen atoms in total. The van der Waals surface area contributed by atoms with Crippen molar-refractivity contribution < 1.29 is 27.1 Å². The maximum absolute atomic E-state index is 13.0. The van der Waals surface area contributed by atoms with Gasteiger partial charge in [0.05, 0.1) is 0 Å². The van der Waals surface area contributed by atoms with Crippen molar-refractivity contribution in [2.45, 2.75) is 6.61 Å². The molecule has 0 unspecified atom stereocenters. The van der Waals surface area contributed by atoms with E-state index in [2.05, 4.69) is 10.1 Å². The molecule has 1 N–H and O–H groups in total. The molecule has 0 saturated heterocycles. The number of hydrogen-bond donors (Lipinski definition) is 1. The smallest absolute Gasteiger partial charge is 0.387 e. The van der Waals surface area contributed by atoms with Crippen LogP contribution in [0.25, 0.3) is 0 Å². The van der Waals surface area contributed by atoms with Gasteiger partial charge in [-0.05, 0) is 30.3 Å². The topological polar surface area (TPSA) is 38.3 Å². The van der Waals surface area contributed by atoms with Crippen LogP contribution in [0.3, 0.4) is 0 Å². The van der Waals surface area contributed by atoms with E-state index in [1.165, 1.54) is 18.2 Å². The summed E-state index contributed by atoms with van der Waals surface area (Å²) in [6.07, 6.45) is 0. The minimum Gasteiger partial charge on any atom is -0.435 e. The van der Waals surface area contributed by atoms with Gasteiger partial charge in [-0.15, -0.1) is 0 Å². The van der Waals surface area contributed by atoms with E-state index in [-0.39, 0.29) is 17.0 Å². The van der Waals surface area contributed by atoms with Crippen molar-refractivity contribution in [1.29, 1.82) is 0 Å². The lowest BCUT2D eigenvalue weighted by molar-refractivity contribution is -0.0498. The van der Waals surface area contributed by atoms with Crippen LogP contribution in [0.4, 0.5) is 23.2 Å². The Kier molecular flexibility index (Phi) is 4.42. The van der Waals surface area contributed by atoms with Crippen LogP contribution in [0.1, 0.15) is 10.4 Å². The molecule has 110 valence electrons. The van der Waals surface area contributed by atoms with Crippen molar-refractivity contribution in [3.63, 3.8) is 0 Å². The van der Waals surface area contributed by atoms with Crippen molar-refractivity contribution in [2.24, 2.45) is 0 Å². The minimum absolute atomic E-state index is 0.0119. The second-order valence-corrected chi connectivity index (χ2v) is 4.02. The summed E-state index contributed by atoms with van der Waals surface area (Å²) in [6, 6.07) is 7.57. The number of nitrogens with one attached hydrogen (secondary N) is 1. The molecule has 0 aliphatic rings. The van der Waals surface area contributed by atoms with E-state index in [1.54, 1.807) is 0 Å². The Labute approximate surface area is 117 Å². The van der Waals surface area contributed by atoms with Gasteiger partial charge in [-0.3, -0.25) is 4.79 Å². The monoisotopic (exact) mass is 299 g/mol. The maximum Gasteiger partial charge on any atom is 0.387 e. The molecule has 0 aromatic heterocycles. The molecule has 2 aromatic rings. The zero-order valence-corrected chi connectivity index (χ0v) is 10.4. The molecule has 0 spiro atoms. The van der Waals surface area contributed by atoms with Gasteiger partial charge in [-0.2, -0.15) is 8.78 Å². The highest BCUT2D eigenvalue weighted by molar-refractivity contribution is 6.04. The molecule has 0 fully saturated rings. The van der Waals surface area contributed by atoms with Gasteiger partial charge in [0.1, 0.15) is 17.4 Å². The fourth-order valence-corrected chi connectivity index (χ4v) is 1.64. The molecule has 0 saturated carbocycles. The van der Waals surface area contributed by atoms with Gasteiger partial charge < -0.3 is 10.1 Å². The van der Waals surface area contributed by atoms with Gasteiger partial charge >= 0.3 is 6.61 Å². The first-order valence-electron chi connectivity index (χ1n) is 5.76. The SMILES string of the molecule is O=C(Nc1cc(F)cc(F)c1)c1cccc(OC(F)F)c1. The van der Waals surface area contributed by atoms with Crippen LogP contribution in [0.15, 0.2) is 42.5 Å². The van der Waals surface area contributed by atoms with Gasteiger partial charge in [0.15, 0.2) is 0 Å². The van der Waals surface area contributed by atoms with Crippen molar-refractivity contribution in [3.05, 3.63) is 59.7 Å². The molecule has 2 rings (SSSR count). The highest BCUT2D eigenvalue weighted by Gasteiger charge is 2.11. The summed E-state index contributed by atoms with van der Waals surface area (Å²) >= 11 is 0. The molecule has 0 aliphatic heterocycles. The summed E-state index contributed by atoms with van der Waals surface area (Å²) in [7, 11) is 0. The molecule has 7 heteroatoms. The number of benzene rings is 2. The van der Waals surface area contributed by atoms with E-state index >= 15 is 0 Å². The van der Waals surface area contributed by atoms with Gasteiger partial charge in [0.25, 0.3) is 5.91 Å². The second kappa shape index (κ2) is 6.25. The molecule has 0 aliphatic carbocycles. The molecule has 0 atom stereocenters. The Morgan fingerprint density at radius 1 is 1.05 bits per heavy atom. The van der Waals surface area contributed by atoms with Gasteiger partial charge in [0.2, 0.25) is 0 Å². The van der Waals surface area contributed by atoms with Gasteiger partial charge in [-0.25, -0.2) is 8.78 Å². The maximum atomic E-state index is 13.0. The van der Waals surface area contributed by atoms with Crippen LogP contribution < -0.4 is 10.1 Å². The summed E-state index contributed by atoms with van der Waals surface area (Å²) in [5, 5.41) is 2.26. The second-order valence-electron chi connectivity index (χ2n) is 4.02. The molecule has 21 heavy (non-hydrogen) atoms. The van der Waals surface area contributed by atoms with Crippen molar-refractivity contribution >= 4 is 11.6 Å². The summed E-state index contributed by atoms with van der Waals surface area (Å²) in [5.74, 6) is -2.59. The van der Waals surface area contributed by atoms with Crippen LogP contribution in [-0.4, -0.2) is 12.5 Å². The van der Waals surface area contributed by atoms with E-state index in [4.69, 9.17) is 0 Å². The summed E-state index contributed by atoms with van der Waals surface area (Å²) in [4.78, 5) is 11.9. The number of ether oxygens (including phenoxy) is 1. The lowest BCUT2D eigenvalue weighted by atomic mass is 10.2. The number of anilines is 1. The van der Waals surface area contributed by atoms with E-state index in [1.807, 2.05) is 0 Å². The average molecular weight is 299 g/mol. The minimum atomic E-state index is -3.01. The van der Waals surface area contributed by atoms with Gasteiger partial charge in [0, 0.05) is 17.3 Å². The predicted octanol–water partition coefficient (Wildman–Crippen LogP) is 3.82. The third-order valence-electron chi connectivity index (χ3n) is 2.44.